The van der Waals surface area contributed by atoms with Crippen molar-refractivity contribution in [3.8, 4) is 0 Å². The van der Waals surface area contributed by atoms with Gasteiger partial charge < -0.3 is 4.74 Å². The van der Waals surface area contributed by atoms with E-state index in [1.54, 1.807) is 11.8 Å². The summed E-state index contributed by atoms with van der Waals surface area (Å²) in [5, 5.41) is 0.536. The van der Waals surface area contributed by atoms with Gasteiger partial charge in [0, 0.05) is 5.75 Å². The van der Waals surface area contributed by atoms with Gasteiger partial charge in [-0.3, -0.25) is 0 Å². The van der Waals surface area contributed by atoms with E-state index in [0.717, 1.165) is 11.3 Å². The molecule has 0 aromatic carbocycles. The quantitative estimate of drug-likeness (QED) is 0.369. The Hall–Kier alpha value is -0.0200. The molecule has 0 unspecified atom stereocenters. The van der Waals surface area contributed by atoms with Gasteiger partial charge in [-0.1, -0.05) is 6.58 Å². The van der Waals surface area contributed by atoms with Crippen LogP contribution in [0.25, 0.3) is 0 Å². The lowest BCUT2D eigenvalue weighted by Crippen LogP contribution is -2.05. The number of hydrogen-bond donors (Lipinski definition) is 0. The number of ether oxygens (including phenoxy) is 1. The van der Waals surface area contributed by atoms with Crippen molar-refractivity contribution in [3.63, 3.8) is 0 Å². The second-order valence-corrected chi connectivity index (χ2v) is 3.27. The summed E-state index contributed by atoms with van der Waals surface area (Å²) in [4.78, 5) is 0. The fraction of sp³-hybridized carbons (Fsp3) is 0.571. The Morgan fingerprint density at radius 2 is 2.30 bits per heavy atom. The molecule has 1 nitrogen and oxygen atoms in total. The molecule has 0 rings (SSSR count). The van der Waals surface area contributed by atoms with Crippen LogP contribution in [0.5, 0.6) is 0 Å². The fourth-order valence-corrected chi connectivity index (χ4v) is 0.674. The summed E-state index contributed by atoms with van der Waals surface area (Å²) in [5.41, 5.74) is 0.830. The zero-order chi connectivity index (χ0) is 7.98. The van der Waals surface area contributed by atoms with Gasteiger partial charge in [0.25, 0.3) is 0 Å². The van der Waals surface area contributed by atoms with Crippen molar-refractivity contribution in [1.29, 1.82) is 0 Å². The van der Waals surface area contributed by atoms with Crippen LogP contribution in [0.3, 0.4) is 0 Å². The fourth-order valence-electron chi connectivity index (χ4n) is 0.341. The summed E-state index contributed by atoms with van der Waals surface area (Å²) in [6.07, 6.45) is 2.03. The molecule has 10 heavy (non-hydrogen) atoms. The molecule has 0 radical (unpaired) electrons. The maximum Gasteiger partial charge on any atom is 0.186 e. The van der Waals surface area contributed by atoms with Crippen LogP contribution in [0.4, 0.5) is 0 Å². The van der Waals surface area contributed by atoms with Crippen molar-refractivity contribution in [3.05, 3.63) is 12.2 Å². The van der Waals surface area contributed by atoms with E-state index in [4.69, 9.17) is 17.0 Å². The molecule has 0 saturated heterocycles. The first-order valence-electron chi connectivity index (χ1n) is 3.00. The predicted molar refractivity (Wildman–Crippen MR) is 51.7 cm³/mol. The minimum Gasteiger partial charge on any atom is -0.482 e. The van der Waals surface area contributed by atoms with Crippen molar-refractivity contribution >= 4 is 29.0 Å². The molecule has 0 aromatic heterocycles. The molecule has 0 spiro atoms. The van der Waals surface area contributed by atoms with Crippen LogP contribution < -0.4 is 0 Å². The second-order valence-electron chi connectivity index (χ2n) is 1.91. The lowest BCUT2D eigenvalue weighted by atomic mass is 10.4. The van der Waals surface area contributed by atoms with Crippen LogP contribution in [0.1, 0.15) is 6.92 Å². The zero-order valence-electron chi connectivity index (χ0n) is 6.35. The van der Waals surface area contributed by atoms with Crippen LogP contribution in [-0.4, -0.2) is 23.7 Å². The first-order valence-corrected chi connectivity index (χ1v) is 4.80. The SMILES string of the molecule is C=C(C)C(=S)OCCSC. The second kappa shape index (κ2) is 5.74. The highest BCUT2D eigenvalue weighted by molar-refractivity contribution is 7.98. The molecule has 3 heteroatoms. The van der Waals surface area contributed by atoms with Crippen LogP contribution in [0, 0.1) is 0 Å². The van der Waals surface area contributed by atoms with Crippen LogP contribution in [0.2, 0.25) is 0 Å². The van der Waals surface area contributed by atoms with Crippen molar-refractivity contribution in [1.82, 2.24) is 0 Å². The third-order valence-electron chi connectivity index (χ3n) is 0.869. The highest BCUT2D eigenvalue weighted by Crippen LogP contribution is 1.97. The maximum absolute atomic E-state index is 5.15. The van der Waals surface area contributed by atoms with Gasteiger partial charge in [-0.15, -0.1) is 0 Å². The lowest BCUT2D eigenvalue weighted by molar-refractivity contribution is 0.341. The Balaban J connectivity index is 3.31. The smallest absolute Gasteiger partial charge is 0.186 e. The molecular formula is C7H12OS2. The van der Waals surface area contributed by atoms with Gasteiger partial charge in [0.05, 0.1) is 6.61 Å². The number of thiocarbonyl (C=S) groups is 1. The summed E-state index contributed by atoms with van der Waals surface area (Å²) < 4.78 is 5.15. The molecule has 0 aromatic rings. The van der Waals surface area contributed by atoms with E-state index in [2.05, 4.69) is 6.58 Å². The van der Waals surface area contributed by atoms with Crippen LogP contribution in [0.15, 0.2) is 12.2 Å². The molecule has 0 aliphatic carbocycles. The van der Waals surface area contributed by atoms with Crippen molar-refractivity contribution in [2.75, 3.05) is 18.6 Å². The van der Waals surface area contributed by atoms with Crippen LogP contribution >= 0.6 is 24.0 Å². The van der Waals surface area contributed by atoms with E-state index in [9.17, 15) is 0 Å². The van der Waals surface area contributed by atoms with E-state index in [-0.39, 0.29) is 0 Å². The molecule has 0 saturated carbocycles. The summed E-state index contributed by atoms with van der Waals surface area (Å²) >= 11 is 6.60. The summed E-state index contributed by atoms with van der Waals surface area (Å²) in [7, 11) is 0. The van der Waals surface area contributed by atoms with E-state index in [1.807, 2.05) is 13.2 Å². The third kappa shape index (κ3) is 4.82. The van der Waals surface area contributed by atoms with Gasteiger partial charge in [-0.2, -0.15) is 11.8 Å². The Morgan fingerprint density at radius 3 is 2.70 bits per heavy atom. The van der Waals surface area contributed by atoms with Crippen molar-refractivity contribution in [2.24, 2.45) is 0 Å². The van der Waals surface area contributed by atoms with Gasteiger partial charge in [-0.05, 0) is 31.0 Å². The minimum absolute atomic E-state index is 0.536. The van der Waals surface area contributed by atoms with E-state index < -0.39 is 0 Å². The van der Waals surface area contributed by atoms with Gasteiger partial charge >= 0.3 is 0 Å². The molecule has 0 bridgehead atoms. The van der Waals surface area contributed by atoms with E-state index in [1.165, 1.54) is 0 Å². The van der Waals surface area contributed by atoms with Crippen molar-refractivity contribution in [2.45, 2.75) is 6.92 Å². The number of rotatable bonds is 4. The largest absolute Gasteiger partial charge is 0.482 e. The predicted octanol–water partition coefficient (Wildman–Crippen LogP) is 2.27. The van der Waals surface area contributed by atoms with Gasteiger partial charge in [0.15, 0.2) is 5.05 Å². The highest BCUT2D eigenvalue weighted by atomic mass is 32.2. The Morgan fingerprint density at radius 1 is 1.70 bits per heavy atom. The first-order chi connectivity index (χ1) is 4.68. The van der Waals surface area contributed by atoms with E-state index in [0.29, 0.717) is 11.7 Å². The Kier molecular flexibility index (Phi) is 5.73. The van der Waals surface area contributed by atoms with Crippen LogP contribution in [-0.2, 0) is 4.74 Å². The maximum atomic E-state index is 5.15. The Bertz CT molecular complexity index is 132. The molecule has 0 N–H and O–H groups in total. The summed E-state index contributed by atoms with van der Waals surface area (Å²) in [6, 6.07) is 0. The first kappa shape index (κ1) is 9.98. The normalized spacial score (nSPS) is 9.00. The molecular weight excluding hydrogens is 164 g/mol. The standard InChI is InChI=1S/C7H12OS2/c1-6(2)7(9)8-4-5-10-3/h1,4-5H2,2-3H3. The van der Waals surface area contributed by atoms with Gasteiger partial charge in [0.1, 0.15) is 0 Å². The minimum atomic E-state index is 0.536. The Labute approximate surface area is 71.8 Å². The average molecular weight is 176 g/mol. The molecule has 0 aliphatic rings. The van der Waals surface area contributed by atoms with Crippen molar-refractivity contribution < 1.29 is 4.74 Å². The topological polar surface area (TPSA) is 9.23 Å². The zero-order valence-corrected chi connectivity index (χ0v) is 7.98. The summed E-state index contributed by atoms with van der Waals surface area (Å²) in [5.74, 6) is 0.980. The van der Waals surface area contributed by atoms with Gasteiger partial charge in [-0.25, -0.2) is 0 Å². The molecule has 0 heterocycles. The van der Waals surface area contributed by atoms with E-state index >= 15 is 0 Å². The highest BCUT2D eigenvalue weighted by Gasteiger charge is 1.95. The average Bonchev–Trinajstić information content (AvgIpc) is 1.88. The third-order valence-corrected chi connectivity index (χ3v) is 1.91. The molecule has 0 fully saturated rings. The number of thioether (sulfide) groups is 1. The molecule has 0 amide bonds. The molecule has 0 atom stereocenters. The molecule has 0 aliphatic heterocycles. The number of hydrogen-bond acceptors (Lipinski definition) is 3. The lowest BCUT2D eigenvalue weighted by Gasteiger charge is -2.04. The van der Waals surface area contributed by atoms with Gasteiger partial charge in [0.2, 0.25) is 0 Å². The summed E-state index contributed by atoms with van der Waals surface area (Å²) in [6.45, 7) is 6.20. The monoisotopic (exact) mass is 176 g/mol. The molecule has 58 valence electrons.